The van der Waals surface area contributed by atoms with E-state index in [2.05, 4.69) is 30.3 Å². The molecule has 2 N–H and O–H groups in total. The molecule has 0 spiro atoms. The van der Waals surface area contributed by atoms with E-state index in [1.165, 1.54) is 0 Å². The van der Waals surface area contributed by atoms with Crippen LogP contribution in [0.3, 0.4) is 0 Å². The molecule has 0 bridgehead atoms. The van der Waals surface area contributed by atoms with Crippen LogP contribution < -0.4 is 15.2 Å². The van der Waals surface area contributed by atoms with Gasteiger partial charge in [-0.3, -0.25) is 0 Å². The average Bonchev–Trinajstić information content (AvgIpc) is 3.62. The highest BCUT2D eigenvalue weighted by Gasteiger charge is 2.21. The fourth-order valence-electron chi connectivity index (χ4n) is 4.06. The van der Waals surface area contributed by atoms with Crippen LogP contribution in [0.1, 0.15) is 41.8 Å². The number of carboxylic acids is 1. The molecule has 0 aliphatic carbocycles. The summed E-state index contributed by atoms with van der Waals surface area (Å²) >= 11 is 0. The highest BCUT2D eigenvalue weighted by Crippen LogP contribution is 2.24. The van der Waals surface area contributed by atoms with Crippen molar-refractivity contribution in [3.8, 4) is 11.3 Å². The van der Waals surface area contributed by atoms with E-state index in [0.29, 0.717) is 34.9 Å². The Bertz CT molecular complexity index is 1130. The van der Waals surface area contributed by atoms with Crippen molar-refractivity contribution < 1.29 is 14.3 Å². The summed E-state index contributed by atoms with van der Waals surface area (Å²) in [6.45, 7) is 3.80. The number of carboxylic acid groups (broad SMARTS) is 1. The molecule has 2 aromatic heterocycles. The summed E-state index contributed by atoms with van der Waals surface area (Å²) in [5, 5.41) is 13.4. The largest absolute Gasteiger partial charge is 0.478 e. The van der Waals surface area contributed by atoms with E-state index in [4.69, 9.17) is 9.40 Å². The third-order valence-corrected chi connectivity index (χ3v) is 5.77. The number of anilines is 3. The predicted octanol–water partition coefficient (Wildman–Crippen LogP) is 3.48. The van der Waals surface area contributed by atoms with Gasteiger partial charge in [0, 0.05) is 31.7 Å². The molecule has 2 aliphatic heterocycles. The quantitative estimate of drug-likeness (QED) is 0.414. The first kappa shape index (κ1) is 20.9. The molecule has 5 rings (SSSR count). The van der Waals surface area contributed by atoms with Crippen LogP contribution in [0.5, 0.6) is 0 Å². The minimum atomic E-state index is -0.978. The van der Waals surface area contributed by atoms with Gasteiger partial charge in [0.2, 0.25) is 17.8 Å². The Labute approximate surface area is 191 Å². The highest BCUT2D eigenvalue weighted by atomic mass is 16.4. The lowest BCUT2D eigenvalue weighted by Gasteiger charge is -2.20. The molecule has 4 heterocycles. The molecule has 0 unspecified atom stereocenters. The molecule has 1 aromatic carbocycles. The van der Waals surface area contributed by atoms with Gasteiger partial charge in [0.15, 0.2) is 0 Å². The SMILES string of the molecule is O=C(O)c1cccc(-c2ccc(/C=N/Nc3nc(N4CCCC4)nc(N4CCCC4)n3)o2)c1. The van der Waals surface area contributed by atoms with Crippen molar-refractivity contribution in [2.24, 2.45) is 5.10 Å². The van der Waals surface area contributed by atoms with Crippen LogP contribution in [0.25, 0.3) is 11.3 Å². The summed E-state index contributed by atoms with van der Waals surface area (Å²) in [4.78, 5) is 29.4. The predicted molar refractivity (Wildman–Crippen MR) is 125 cm³/mol. The number of rotatable bonds is 7. The van der Waals surface area contributed by atoms with Gasteiger partial charge in [-0.25, -0.2) is 10.2 Å². The maximum Gasteiger partial charge on any atom is 0.335 e. The molecular formula is C23H25N7O3. The number of aromatic carboxylic acids is 1. The summed E-state index contributed by atoms with van der Waals surface area (Å²) in [7, 11) is 0. The number of hydrazone groups is 1. The number of hydrogen-bond acceptors (Lipinski definition) is 9. The Hall–Kier alpha value is -3.95. The van der Waals surface area contributed by atoms with Crippen molar-refractivity contribution >= 4 is 30.0 Å². The molecule has 0 radical (unpaired) electrons. The smallest absolute Gasteiger partial charge is 0.335 e. The average molecular weight is 447 g/mol. The van der Waals surface area contributed by atoms with Gasteiger partial charge >= 0.3 is 5.97 Å². The van der Waals surface area contributed by atoms with Crippen molar-refractivity contribution in [2.75, 3.05) is 41.4 Å². The van der Waals surface area contributed by atoms with Crippen molar-refractivity contribution in [1.82, 2.24) is 15.0 Å². The van der Waals surface area contributed by atoms with E-state index < -0.39 is 5.97 Å². The van der Waals surface area contributed by atoms with E-state index in [0.717, 1.165) is 51.9 Å². The van der Waals surface area contributed by atoms with Crippen molar-refractivity contribution in [2.45, 2.75) is 25.7 Å². The van der Waals surface area contributed by atoms with Gasteiger partial charge in [0.1, 0.15) is 11.5 Å². The second-order valence-electron chi connectivity index (χ2n) is 8.11. The van der Waals surface area contributed by atoms with Gasteiger partial charge in [0.25, 0.3) is 0 Å². The molecule has 0 amide bonds. The number of benzene rings is 1. The molecule has 170 valence electrons. The maximum atomic E-state index is 11.2. The first-order valence-electron chi connectivity index (χ1n) is 11.1. The molecular weight excluding hydrogens is 422 g/mol. The van der Waals surface area contributed by atoms with Crippen LogP contribution in [0.15, 0.2) is 45.9 Å². The summed E-state index contributed by atoms with van der Waals surface area (Å²) in [6, 6.07) is 10.2. The van der Waals surface area contributed by atoms with Gasteiger partial charge in [-0.2, -0.15) is 20.1 Å². The molecule has 0 saturated carbocycles. The number of carbonyl (C=O) groups is 1. The van der Waals surface area contributed by atoms with Gasteiger partial charge in [0.05, 0.1) is 11.8 Å². The fourth-order valence-corrected chi connectivity index (χ4v) is 4.06. The zero-order valence-electron chi connectivity index (χ0n) is 18.1. The summed E-state index contributed by atoms with van der Waals surface area (Å²) < 4.78 is 5.80. The minimum absolute atomic E-state index is 0.207. The van der Waals surface area contributed by atoms with E-state index in [9.17, 15) is 9.90 Å². The monoisotopic (exact) mass is 447 g/mol. The first-order chi connectivity index (χ1) is 16.2. The summed E-state index contributed by atoms with van der Waals surface area (Å²) in [5.74, 6) is 1.86. The zero-order chi connectivity index (χ0) is 22.6. The fraction of sp³-hybridized carbons (Fsp3) is 0.348. The van der Waals surface area contributed by atoms with Crippen LogP contribution in [-0.4, -0.2) is 58.4 Å². The van der Waals surface area contributed by atoms with Crippen LogP contribution in [0.4, 0.5) is 17.8 Å². The number of furan rings is 1. The number of nitrogens with one attached hydrogen (secondary N) is 1. The molecule has 10 heteroatoms. The molecule has 2 fully saturated rings. The molecule has 2 aliphatic rings. The summed E-state index contributed by atoms with van der Waals surface area (Å²) in [6.07, 6.45) is 6.10. The van der Waals surface area contributed by atoms with Crippen molar-refractivity contribution in [3.63, 3.8) is 0 Å². The lowest BCUT2D eigenvalue weighted by molar-refractivity contribution is 0.0697. The molecule has 0 atom stereocenters. The second kappa shape index (κ2) is 9.27. The molecule has 3 aromatic rings. The number of aromatic nitrogens is 3. The highest BCUT2D eigenvalue weighted by molar-refractivity contribution is 5.89. The van der Waals surface area contributed by atoms with Crippen molar-refractivity contribution in [3.05, 3.63) is 47.7 Å². The van der Waals surface area contributed by atoms with Crippen molar-refractivity contribution in [1.29, 1.82) is 0 Å². The molecule has 33 heavy (non-hydrogen) atoms. The third-order valence-electron chi connectivity index (χ3n) is 5.77. The summed E-state index contributed by atoms with van der Waals surface area (Å²) in [5.41, 5.74) is 3.80. The number of nitrogens with zero attached hydrogens (tertiary/aromatic N) is 6. The van der Waals surface area contributed by atoms with Crippen LogP contribution in [0.2, 0.25) is 0 Å². The molecule has 10 nitrogen and oxygen atoms in total. The van der Waals surface area contributed by atoms with E-state index in [-0.39, 0.29) is 5.56 Å². The third kappa shape index (κ3) is 4.79. The maximum absolute atomic E-state index is 11.2. The lowest BCUT2D eigenvalue weighted by atomic mass is 10.1. The van der Waals surface area contributed by atoms with Gasteiger partial charge in [-0.05, 0) is 49.9 Å². The Kier molecular flexibility index (Phi) is 5.88. The van der Waals surface area contributed by atoms with Crippen LogP contribution >= 0.6 is 0 Å². The molecule has 2 saturated heterocycles. The van der Waals surface area contributed by atoms with E-state index in [1.54, 1.807) is 42.6 Å². The van der Waals surface area contributed by atoms with Gasteiger partial charge in [-0.15, -0.1) is 0 Å². The Morgan fingerprint density at radius 1 is 0.970 bits per heavy atom. The lowest BCUT2D eigenvalue weighted by Crippen LogP contribution is -2.25. The standard InChI is InChI=1S/C23H25N7O3/c31-20(32)17-7-5-6-16(14-17)19-9-8-18(33-19)15-24-28-21-25-22(29-10-1-2-11-29)27-23(26-21)30-12-3-4-13-30/h5-9,14-15H,1-4,10-13H2,(H,31,32)(H,25,26,27,28)/b24-15+. The van der Waals surface area contributed by atoms with Crippen LogP contribution in [-0.2, 0) is 0 Å². The minimum Gasteiger partial charge on any atom is -0.478 e. The van der Waals surface area contributed by atoms with E-state index in [1.807, 2.05) is 0 Å². The second-order valence-corrected chi connectivity index (χ2v) is 8.11. The zero-order valence-corrected chi connectivity index (χ0v) is 18.1. The van der Waals surface area contributed by atoms with E-state index >= 15 is 0 Å². The first-order valence-corrected chi connectivity index (χ1v) is 11.1. The normalized spacial score (nSPS) is 16.1. The van der Waals surface area contributed by atoms with Crippen LogP contribution in [0, 0.1) is 0 Å². The van der Waals surface area contributed by atoms with Gasteiger partial charge in [-0.1, -0.05) is 12.1 Å². The Morgan fingerprint density at radius 3 is 2.27 bits per heavy atom. The van der Waals surface area contributed by atoms with Gasteiger partial charge < -0.3 is 19.3 Å². The Morgan fingerprint density at radius 2 is 1.64 bits per heavy atom. The number of hydrogen-bond donors (Lipinski definition) is 2. The Balaban J connectivity index is 1.32. The topological polar surface area (TPSA) is 120 Å².